The van der Waals surface area contributed by atoms with E-state index in [0.29, 0.717) is 0 Å². The van der Waals surface area contributed by atoms with Crippen LogP contribution in [0.3, 0.4) is 0 Å². The minimum Gasteiger partial charge on any atom is -0.387 e. The molecule has 0 saturated carbocycles. The first kappa shape index (κ1) is 9.42. The van der Waals surface area contributed by atoms with Crippen LogP contribution in [0.4, 0.5) is 5.69 Å². The predicted molar refractivity (Wildman–Crippen MR) is 68.1 cm³/mol. The van der Waals surface area contributed by atoms with E-state index in [1.165, 1.54) is 4.88 Å². The van der Waals surface area contributed by atoms with Gasteiger partial charge in [0.2, 0.25) is 0 Å². The lowest BCUT2D eigenvalue weighted by atomic mass is 10.3. The zero-order valence-electron chi connectivity index (χ0n) is 8.84. The van der Waals surface area contributed by atoms with Gasteiger partial charge in [0.1, 0.15) is 0 Å². The van der Waals surface area contributed by atoms with Crippen LogP contribution in [-0.4, -0.2) is 16.4 Å². The number of pyridine rings is 1. The van der Waals surface area contributed by atoms with E-state index in [9.17, 15) is 0 Å². The summed E-state index contributed by atoms with van der Waals surface area (Å²) >= 11 is 1.71. The number of nitrogens with one attached hydrogen (secondary N) is 1. The quantitative estimate of drug-likeness (QED) is 0.731. The minimum atomic E-state index is 1.00. The number of anilines is 1. The van der Waals surface area contributed by atoms with E-state index >= 15 is 0 Å². The Bertz CT molecular complexity index is 610. The predicted octanol–water partition coefficient (Wildman–Crippen LogP) is 3.10. The monoisotopic (exact) mass is 229 g/mol. The summed E-state index contributed by atoms with van der Waals surface area (Å²) in [6.45, 7) is 0. The molecule has 0 atom stereocenters. The van der Waals surface area contributed by atoms with E-state index in [2.05, 4.69) is 44.5 Å². The zero-order chi connectivity index (χ0) is 11.0. The average Bonchev–Trinajstić information content (AvgIpc) is 2.96. The molecule has 3 aromatic heterocycles. The van der Waals surface area contributed by atoms with Crippen molar-refractivity contribution in [2.75, 3.05) is 12.4 Å². The molecule has 0 amide bonds. The summed E-state index contributed by atoms with van der Waals surface area (Å²) in [5.41, 5.74) is 2.20. The van der Waals surface area contributed by atoms with Crippen LogP contribution in [0.15, 0.2) is 42.0 Å². The van der Waals surface area contributed by atoms with Gasteiger partial charge in [-0.2, -0.15) is 0 Å². The lowest BCUT2D eigenvalue weighted by molar-refractivity contribution is 1.17. The van der Waals surface area contributed by atoms with E-state index in [1.54, 1.807) is 11.3 Å². The van der Waals surface area contributed by atoms with Crippen molar-refractivity contribution in [3.05, 3.63) is 42.0 Å². The van der Waals surface area contributed by atoms with Crippen molar-refractivity contribution in [2.45, 2.75) is 0 Å². The van der Waals surface area contributed by atoms with Gasteiger partial charge in [-0.3, -0.25) is 4.40 Å². The molecule has 0 bridgehead atoms. The third-order valence-electron chi connectivity index (χ3n) is 2.56. The Kier molecular flexibility index (Phi) is 2.15. The maximum absolute atomic E-state index is 4.46. The SMILES string of the molecule is CNc1ccc2cnc(-c3cccs3)n2c1. The first-order chi connectivity index (χ1) is 7.88. The topological polar surface area (TPSA) is 29.3 Å². The number of nitrogens with zero attached hydrogens (tertiary/aromatic N) is 2. The molecule has 0 aliphatic carbocycles. The van der Waals surface area contributed by atoms with E-state index in [-0.39, 0.29) is 0 Å². The van der Waals surface area contributed by atoms with Crippen LogP contribution in [0.25, 0.3) is 16.2 Å². The molecule has 0 fully saturated rings. The Morgan fingerprint density at radius 3 is 3.00 bits per heavy atom. The zero-order valence-corrected chi connectivity index (χ0v) is 9.66. The number of aromatic nitrogens is 2. The molecule has 0 radical (unpaired) electrons. The highest BCUT2D eigenvalue weighted by Gasteiger charge is 2.06. The number of fused-ring (bicyclic) bond motifs is 1. The molecule has 0 aliphatic rings. The minimum absolute atomic E-state index is 1.00. The van der Waals surface area contributed by atoms with Crippen LogP contribution in [0.1, 0.15) is 0 Å². The van der Waals surface area contributed by atoms with Gasteiger partial charge in [0.25, 0.3) is 0 Å². The molecular formula is C12H11N3S. The molecule has 0 unspecified atom stereocenters. The van der Waals surface area contributed by atoms with Crippen molar-refractivity contribution in [1.82, 2.24) is 9.38 Å². The number of imidazole rings is 1. The Morgan fingerprint density at radius 2 is 2.25 bits per heavy atom. The molecule has 0 saturated heterocycles. The van der Waals surface area contributed by atoms with Crippen LogP contribution in [0, 0.1) is 0 Å². The summed E-state index contributed by atoms with van der Waals surface area (Å²) < 4.78 is 2.11. The van der Waals surface area contributed by atoms with Gasteiger partial charge in [0.05, 0.1) is 22.3 Å². The second-order valence-electron chi connectivity index (χ2n) is 3.52. The Hall–Kier alpha value is -1.81. The molecule has 3 aromatic rings. The van der Waals surface area contributed by atoms with Crippen molar-refractivity contribution < 1.29 is 0 Å². The summed E-state index contributed by atoms with van der Waals surface area (Å²) in [6.07, 6.45) is 3.96. The average molecular weight is 229 g/mol. The highest BCUT2D eigenvalue weighted by Crippen LogP contribution is 2.25. The van der Waals surface area contributed by atoms with Crippen LogP contribution in [0.5, 0.6) is 0 Å². The van der Waals surface area contributed by atoms with Gasteiger partial charge in [0, 0.05) is 13.2 Å². The van der Waals surface area contributed by atoms with Crippen LogP contribution >= 0.6 is 11.3 Å². The smallest absolute Gasteiger partial charge is 0.154 e. The largest absolute Gasteiger partial charge is 0.387 e. The fraction of sp³-hybridized carbons (Fsp3) is 0.0833. The van der Waals surface area contributed by atoms with Crippen molar-refractivity contribution in [3.63, 3.8) is 0 Å². The molecule has 16 heavy (non-hydrogen) atoms. The van der Waals surface area contributed by atoms with E-state index in [4.69, 9.17) is 0 Å². The van der Waals surface area contributed by atoms with Gasteiger partial charge in [-0.1, -0.05) is 6.07 Å². The summed E-state index contributed by atoms with van der Waals surface area (Å²) in [5.74, 6) is 1.00. The van der Waals surface area contributed by atoms with E-state index in [1.807, 2.05) is 19.3 Å². The third kappa shape index (κ3) is 1.39. The number of thiophene rings is 1. The number of hydrogen-bond acceptors (Lipinski definition) is 3. The van der Waals surface area contributed by atoms with Crippen molar-refractivity contribution >= 4 is 22.5 Å². The fourth-order valence-corrected chi connectivity index (χ4v) is 2.44. The number of rotatable bonds is 2. The normalized spacial score (nSPS) is 10.8. The first-order valence-corrected chi connectivity index (χ1v) is 5.95. The van der Waals surface area contributed by atoms with Crippen molar-refractivity contribution in [3.8, 4) is 10.7 Å². The molecule has 80 valence electrons. The van der Waals surface area contributed by atoms with Gasteiger partial charge in [-0.15, -0.1) is 11.3 Å². The molecule has 0 aromatic carbocycles. The lowest BCUT2D eigenvalue weighted by Crippen LogP contribution is -1.92. The molecule has 1 N–H and O–H groups in total. The van der Waals surface area contributed by atoms with Gasteiger partial charge < -0.3 is 5.32 Å². The Morgan fingerprint density at radius 1 is 1.31 bits per heavy atom. The molecular weight excluding hydrogens is 218 g/mol. The highest BCUT2D eigenvalue weighted by molar-refractivity contribution is 7.13. The van der Waals surface area contributed by atoms with E-state index in [0.717, 1.165) is 17.0 Å². The molecule has 0 aliphatic heterocycles. The standard InChI is InChI=1S/C12H11N3S/c1-13-9-4-5-10-7-14-12(15(10)8-9)11-3-2-6-16-11/h2-8,13H,1H3. The van der Waals surface area contributed by atoms with Crippen molar-refractivity contribution in [2.24, 2.45) is 0 Å². The summed E-state index contributed by atoms with van der Waals surface area (Å²) in [5, 5.41) is 5.20. The first-order valence-electron chi connectivity index (χ1n) is 5.07. The molecule has 4 heteroatoms. The van der Waals surface area contributed by atoms with Crippen LogP contribution < -0.4 is 5.32 Å². The molecule has 3 nitrogen and oxygen atoms in total. The van der Waals surface area contributed by atoms with Gasteiger partial charge in [-0.05, 0) is 23.6 Å². The third-order valence-corrected chi connectivity index (χ3v) is 3.42. The second-order valence-corrected chi connectivity index (χ2v) is 4.47. The summed E-state index contributed by atoms with van der Waals surface area (Å²) in [4.78, 5) is 5.65. The second kappa shape index (κ2) is 3.64. The molecule has 3 rings (SSSR count). The van der Waals surface area contributed by atoms with Crippen LogP contribution in [-0.2, 0) is 0 Å². The maximum atomic E-state index is 4.46. The van der Waals surface area contributed by atoms with Crippen molar-refractivity contribution in [1.29, 1.82) is 0 Å². The van der Waals surface area contributed by atoms with Gasteiger partial charge >= 0.3 is 0 Å². The van der Waals surface area contributed by atoms with E-state index < -0.39 is 0 Å². The van der Waals surface area contributed by atoms with Crippen LogP contribution in [0.2, 0.25) is 0 Å². The lowest BCUT2D eigenvalue weighted by Gasteiger charge is -2.03. The Balaban J connectivity index is 2.25. The van der Waals surface area contributed by atoms with Gasteiger partial charge in [0.15, 0.2) is 5.82 Å². The maximum Gasteiger partial charge on any atom is 0.154 e. The highest BCUT2D eigenvalue weighted by atomic mass is 32.1. The fourth-order valence-electron chi connectivity index (χ4n) is 1.73. The number of hydrogen-bond donors (Lipinski definition) is 1. The molecule has 3 heterocycles. The molecule has 0 spiro atoms. The summed E-state index contributed by atoms with van der Waals surface area (Å²) in [6, 6.07) is 8.25. The summed E-state index contributed by atoms with van der Waals surface area (Å²) in [7, 11) is 1.92. The van der Waals surface area contributed by atoms with Gasteiger partial charge in [-0.25, -0.2) is 4.98 Å². The Labute approximate surface area is 97.4 Å².